The molecular weight excluding hydrogens is 270 g/mol. The SMILES string of the molecule is CCc1ccc(C(=O)O)cc1S(=O)(=O)NC(C)CO. The molecule has 19 heavy (non-hydrogen) atoms. The van der Waals surface area contributed by atoms with Crippen LogP contribution in [0.5, 0.6) is 0 Å². The first-order valence-corrected chi connectivity index (χ1v) is 7.29. The van der Waals surface area contributed by atoms with Gasteiger partial charge in [0.1, 0.15) is 0 Å². The second-order valence-corrected chi connectivity index (χ2v) is 5.87. The van der Waals surface area contributed by atoms with E-state index in [1.54, 1.807) is 6.92 Å². The van der Waals surface area contributed by atoms with Crippen molar-refractivity contribution in [2.75, 3.05) is 6.61 Å². The zero-order valence-corrected chi connectivity index (χ0v) is 11.6. The number of aromatic carboxylic acids is 1. The topological polar surface area (TPSA) is 104 Å². The predicted molar refractivity (Wildman–Crippen MR) is 69.6 cm³/mol. The lowest BCUT2D eigenvalue weighted by Gasteiger charge is -2.14. The summed E-state index contributed by atoms with van der Waals surface area (Å²) in [5.74, 6) is -1.19. The quantitative estimate of drug-likeness (QED) is 0.711. The lowest BCUT2D eigenvalue weighted by molar-refractivity contribution is 0.0696. The van der Waals surface area contributed by atoms with Gasteiger partial charge < -0.3 is 10.2 Å². The number of aliphatic hydroxyl groups is 1. The van der Waals surface area contributed by atoms with Crippen LogP contribution in [0.1, 0.15) is 29.8 Å². The monoisotopic (exact) mass is 287 g/mol. The molecule has 1 aromatic rings. The summed E-state index contributed by atoms with van der Waals surface area (Å²) in [6, 6.07) is 3.36. The van der Waals surface area contributed by atoms with Gasteiger partial charge in [-0.25, -0.2) is 17.9 Å². The molecule has 1 unspecified atom stereocenters. The van der Waals surface area contributed by atoms with E-state index in [1.165, 1.54) is 19.1 Å². The van der Waals surface area contributed by atoms with Gasteiger partial charge in [0.2, 0.25) is 10.0 Å². The third kappa shape index (κ3) is 3.76. The van der Waals surface area contributed by atoms with Gasteiger partial charge in [-0.2, -0.15) is 0 Å². The highest BCUT2D eigenvalue weighted by Gasteiger charge is 2.21. The Hall–Kier alpha value is -1.44. The molecule has 1 rings (SSSR count). The second kappa shape index (κ2) is 6.14. The number of carbonyl (C=O) groups is 1. The molecule has 0 aromatic heterocycles. The number of aliphatic hydroxyl groups excluding tert-OH is 1. The molecule has 0 aliphatic heterocycles. The summed E-state index contributed by atoms with van der Waals surface area (Å²) in [4.78, 5) is 10.8. The highest BCUT2D eigenvalue weighted by molar-refractivity contribution is 7.89. The number of rotatable bonds is 6. The first-order chi connectivity index (χ1) is 8.81. The van der Waals surface area contributed by atoms with Gasteiger partial charge >= 0.3 is 5.97 Å². The van der Waals surface area contributed by atoms with Crippen LogP contribution in [0.3, 0.4) is 0 Å². The minimum absolute atomic E-state index is 0.0600. The molecule has 0 radical (unpaired) electrons. The summed E-state index contributed by atoms with van der Waals surface area (Å²) < 4.78 is 26.6. The van der Waals surface area contributed by atoms with Crippen LogP contribution >= 0.6 is 0 Å². The Morgan fingerprint density at radius 1 is 1.42 bits per heavy atom. The van der Waals surface area contributed by atoms with Crippen molar-refractivity contribution in [3.05, 3.63) is 29.3 Å². The lowest BCUT2D eigenvalue weighted by Crippen LogP contribution is -2.35. The Labute approximate surface area is 112 Å². The van der Waals surface area contributed by atoms with Gasteiger partial charge in [-0.05, 0) is 31.0 Å². The molecule has 0 saturated heterocycles. The van der Waals surface area contributed by atoms with E-state index in [1.807, 2.05) is 0 Å². The summed E-state index contributed by atoms with van der Waals surface area (Å²) in [5, 5.41) is 17.8. The third-order valence-electron chi connectivity index (χ3n) is 2.61. The van der Waals surface area contributed by atoms with Crippen molar-refractivity contribution in [2.45, 2.75) is 31.2 Å². The number of sulfonamides is 1. The molecule has 0 spiro atoms. The van der Waals surface area contributed by atoms with Gasteiger partial charge in [0.15, 0.2) is 0 Å². The predicted octanol–water partition coefficient (Wildman–Crippen LogP) is 0.606. The fraction of sp³-hybridized carbons (Fsp3) is 0.417. The van der Waals surface area contributed by atoms with Crippen LogP contribution < -0.4 is 4.72 Å². The van der Waals surface area contributed by atoms with Crippen LogP contribution in [0.25, 0.3) is 0 Å². The van der Waals surface area contributed by atoms with E-state index in [2.05, 4.69) is 4.72 Å². The molecule has 0 bridgehead atoms. The van der Waals surface area contributed by atoms with Crippen molar-refractivity contribution in [1.29, 1.82) is 0 Å². The molecule has 0 amide bonds. The first kappa shape index (κ1) is 15.6. The van der Waals surface area contributed by atoms with Crippen LogP contribution in [0, 0.1) is 0 Å². The molecule has 0 heterocycles. The minimum atomic E-state index is -3.84. The van der Waals surface area contributed by atoms with E-state index in [9.17, 15) is 13.2 Å². The minimum Gasteiger partial charge on any atom is -0.478 e. The molecule has 0 fully saturated rings. The van der Waals surface area contributed by atoms with Gasteiger partial charge in [-0.3, -0.25) is 0 Å². The van der Waals surface area contributed by atoms with Gasteiger partial charge in [-0.1, -0.05) is 13.0 Å². The van der Waals surface area contributed by atoms with E-state index >= 15 is 0 Å². The van der Waals surface area contributed by atoms with Gasteiger partial charge in [-0.15, -0.1) is 0 Å². The average molecular weight is 287 g/mol. The maximum Gasteiger partial charge on any atom is 0.335 e. The van der Waals surface area contributed by atoms with E-state index < -0.39 is 22.0 Å². The number of hydrogen-bond acceptors (Lipinski definition) is 4. The molecule has 3 N–H and O–H groups in total. The lowest BCUT2D eigenvalue weighted by atomic mass is 10.1. The Bertz CT molecular complexity index is 567. The van der Waals surface area contributed by atoms with E-state index in [4.69, 9.17) is 10.2 Å². The van der Waals surface area contributed by atoms with Crippen LogP contribution in [0.15, 0.2) is 23.1 Å². The normalized spacial score (nSPS) is 13.2. The van der Waals surface area contributed by atoms with Crippen molar-refractivity contribution >= 4 is 16.0 Å². The molecule has 7 heteroatoms. The number of hydrogen-bond donors (Lipinski definition) is 3. The van der Waals surface area contributed by atoms with Crippen LogP contribution in [0.2, 0.25) is 0 Å². The molecule has 6 nitrogen and oxygen atoms in total. The summed E-state index contributed by atoms with van der Waals surface area (Å²) in [6.07, 6.45) is 0.462. The van der Waals surface area contributed by atoms with Crippen molar-refractivity contribution in [3.8, 4) is 0 Å². The number of carboxylic acid groups (broad SMARTS) is 1. The van der Waals surface area contributed by atoms with Gasteiger partial charge in [0.25, 0.3) is 0 Å². The molecule has 0 saturated carbocycles. The summed E-state index contributed by atoms with van der Waals surface area (Å²) >= 11 is 0. The zero-order chi connectivity index (χ0) is 14.6. The summed E-state index contributed by atoms with van der Waals surface area (Å²) in [7, 11) is -3.84. The van der Waals surface area contributed by atoms with E-state index in [0.717, 1.165) is 6.07 Å². The number of nitrogens with one attached hydrogen (secondary N) is 1. The molecule has 0 aliphatic rings. The highest BCUT2D eigenvalue weighted by atomic mass is 32.2. The molecule has 0 aliphatic carbocycles. The Morgan fingerprint density at radius 3 is 2.53 bits per heavy atom. The summed E-state index contributed by atoms with van der Waals surface area (Å²) in [6.45, 7) is 2.97. The molecular formula is C12H17NO5S. The fourth-order valence-electron chi connectivity index (χ4n) is 1.60. The number of benzene rings is 1. The maximum atomic E-state index is 12.1. The molecule has 1 aromatic carbocycles. The van der Waals surface area contributed by atoms with Crippen LogP contribution in [-0.4, -0.2) is 37.2 Å². The number of carboxylic acids is 1. The molecule has 1 atom stereocenters. The van der Waals surface area contributed by atoms with Crippen LogP contribution in [0.4, 0.5) is 0 Å². The van der Waals surface area contributed by atoms with Gasteiger partial charge in [0.05, 0.1) is 17.1 Å². The standard InChI is InChI=1S/C12H17NO5S/c1-3-9-4-5-10(12(15)16)6-11(9)19(17,18)13-8(2)7-14/h4-6,8,13-14H,3,7H2,1-2H3,(H,15,16). The second-order valence-electron chi connectivity index (χ2n) is 4.19. The fourth-order valence-corrected chi connectivity index (χ4v) is 3.17. The number of aryl methyl sites for hydroxylation is 1. The smallest absolute Gasteiger partial charge is 0.335 e. The van der Waals surface area contributed by atoms with E-state index in [-0.39, 0.29) is 17.1 Å². The first-order valence-electron chi connectivity index (χ1n) is 5.81. The van der Waals surface area contributed by atoms with Crippen LogP contribution in [-0.2, 0) is 16.4 Å². The van der Waals surface area contributed by atoms with Crippen molar-refractivity contribution < 1.29 is 23.4 Å². The van der Waals surface area contributed by atoms with E-state index in [0.29, 0.717) is 12.0 Å². The molecule has 106 valence electrons. The van der Waals surface area contributed by atoms with Crippen molar-refractivity contribution in [2.24, 2.45) is 0 Å². The Morgan fingerprint density at radius 2 is 2.05 bits per heavy atom. The van der Waals surface area contributed by atoms with Crippen molar-refractivity contribution in [1.82, 2.24) is 4.72 Å². The maximum absolute atomic E-state index is 12.1. The average Bonchev–Trinajstić information content (AvgIpc) is 2.37. The highest BCUT2D eigenvalue weighted by Crippen LogP contribution is 2.19. The van der Waals surface area contributed by atoms with Crippen molar-refractivity contribution in [3.63, 3.8) is 0 Å². The summed E-state index contributed by atoms with van der Waals surface area (Å²) in [5.41, 5.74) is 0.442. The van der Waals surface area contributed by atoms with Gasteiger partial charge in [0, 0.05) is 6.04 Å². The Balaban J connectivity index is 3.30. The third-order valence-corrected chi connectivity index (χ3v) is 4.29. The largest absolute Gasteiger partial charge is 0.478 e. The zero-order valence-electron chi connectivity index (χ0n) is 10.8. The Kier molecular flexibility index (Phi) is 5.04.